The molecule has 4 rings (SSSR count). The Balaban J connectivity index is 1.61. The zero-order valence-corrected chi connectivity index (χ0v) is 21.9. The number of ether oxygens (including phenoxy) is 2. The highest BCUT2D eigenvalue weighted by Gasteiger charge is 2.31. The van der Waals surface area contributed by atoms with Crippen molar-refractivity contribution in [2.24, 2.45) is 0 Å². The first-order chi connectivity index (χ1) is 17.2. The monoisotopic (exact) mass is 553 g/mol. The number of esters is 1. The molecule has 192 valence electrons. The van der Waals surface area contributed by atoms with E-state index in [0.717, 1.165) is 4.88 Å². The summed E-state index contributed by atoms with van der Waals surface area (Å²) in [6.45, 7) is 2.40. The summed E-state index contributed by atoms with van der Waals surface area (Å²) < 4.78 is 45.4. The molecular weight excluding hydrogens is 530 g/mol. The van der Waals surface area contributed by atoms with Gasteiger partial charge in [0.05, 0.1) is 33.5 Å². The van der Waals surface area contributed by atoms with Gasteiger partial charge < -0.3 is 18.9 Å². The van der Waals surface area contributed by atoms with Crippen molar-refractivity contribution in [3.05, 3.63) is 52.0 Å². The maximum atomic E-state index is 13.5. The van der Waals surface area contributed by atoms with E-state index in [4.69, 9.17) is 25.6 Å². The van der Waals surface area contributed by atoms with Gasteiger partial charge in [-0.2, -0.15) is 4.72 Å². The minimum absolute atomic E-state index is 0.0234. The standard InChI is InChI=1S/C23H24ClN3O7S2/c1-3-15-17(27-9-10-33-13-22(27)28)5-4-6-20(15)36(30,31)26-16(23(29)32-2)11-14-12-18(34-25-14)19-7-8-21(24)35-19/h4-8,12,16,26H,3,9-11,13H2,1-2H3. The molecule has 1 aromatic carbocycles. The predicted molar refractivity (Wildman–Crippen MR) is 134 cm³/mol. The lowest BCUT2D eigenvalue weighted by molar-refractivity contribution is -0.142. The van der Waals surface area contributed by atoms with Crippen molar-refractivity contribution in [1.82, 2.24) is 9.88 Å². The van der Waals surface area contributed by atoms with Gasteiger partial charge in [0.15, 0.2) is 5.76 Å². The lowest BCUT2D eigenvalue weighted by atomic mass is 10.1. The zero-order chi connectivity index (χ0) is 25.9. The third kappa shape index (κ3) is 5.62. The number of carbonyl (C=O) groups excluding carboxylic acids is 2. The number of hydrogen-bond donors (Lipinski definition) is 1. The molecule has 2 aromatic heterocycles. The maximum absolute atomic E-state index is 13.5. The van der Waals surface area contributed by atoms with Gasteiger partial charge in [-0.3, -0.25) is 9.59 Å². The molecule has 1 aliphatic rings. The molecule has 36 heavy (non-hydrogen) atoms. The number of anilines is 1. The van der Waals surface area contributed by atoms with Crippen LogP contribution in [0, 0.1) is 0 Å². The number of carbonyl (C=O) groups is 2. The Labute approximate surface area is 217 Å². The van der Waals surface area contributed by atoms with Crippen LogP contribution in [0.3, 0.4) is 0 Å². The molecule has 0 spiro atoms. The molecule has 1 aliphatic heterocycles. The molecule has 1 saturated heterocycles. The number of benzene rings is 1. The molecule has 3 aromatic rings. The van der Waals surface area contributed by atoms with Crippen molar-refractivity contribution in [1.29, 1.82) is 0 Å². The summed E-state index contributed by atoms with van der Waals surface area (Å²) >= 11 is 7.28. The molecule has 1 N–H and O–H groups in total. The minimum atomic E-state index is -4.19. The topological polar surface area (TPSA) is 128 Å². The second-order valence-corrected chi connectivity index (χ2v) is 11.3. The number of halogens is 1. The van der Waals surface area contributed by atoms with Crippen LogP contribution in [0.25, 0.3) is 10.6 Å². The molecule has 1 amide bonds. The van der Waals surface area contributed by atoms with Crippen molar-refractivity contribution in [2.75, 3.05) is 31.8 Å². The Kier molecular flexibility index (Phi) is 8.10. The highest BCUT2D eigenvalue weighted by molar-refractivity contribution is 7.89. The summed E-state index contributed by atoms with van der Waals surface area (Å²) in [4.78, 5) is 27.2. The molecule has 0 aliphatic carbocycles. The number of morpholine rings is 1. The van der Waals surface area contributed by atoms with Gasteiger partial charge in [0.25, 0.3) is 5.91 Å². The molecule has 1 unspecified atom stereocenters. The molecule has 1 fully saturated rings. The second-order valence-electron chi connectivity index (χ2n) is 7.89. The Morgan fingerprint density at radius 2 is 2.14 bits per heavy atom. The summed E-state index contributed by atoms with van der Waals surface area (Å²) in [6.07, 6.45) is 0.244. The van der Waals surface area contributed by atoms with Crippen molar-refractivity contribution in [2.45, 2.75) is 30.7 Å². The molecular formula is C23H24ClN3O7S2. The third-order valence-electron chi connectivity index (χ3n) is 5.60. The first-order valence-corrected chi connectivity index (χ1v) is 13.7. The van der Waals surface area contributed by atoms with Gasteiger partial charge in [-0.05, 0) is 36.2 Å². The van der Waals surface area contributed by atoms with E-state index in [1.165, 1.54) is 29.4 Å². The molecule has 10 nitrogen and oxygen atoms in total. The largest absolute Gasteiger partial charge is 0.468 e. The van der Waals surface area contributed by atoms with Crippen LogP contribution in [0.1, 0.15) is 18.2 Å². The first kappa shape index (κ1) is 26.3. The summed E-state index contributed by atoms with van der Waals surface area (Å²) in [6, 6.07) is 8.56. The number of hydrogen-bond acceptors (Lipinski definition) is 9. The number of nitrogens with one attached hydrogen (secondary N) is 1. The number of sulfonamides is 1. The fourth-order valence-corrected chi connectivity index (χ4v) is 6.44. The minimum Gasteiger partial charge on any atom is -0.468 e. The van der Waals surface area contributed by atoms with Crippen LogP contribution in [0.5, 0.6) is 0 Å². The number of rotatable bonds is 9. The lowest BCUT2D eigenvalue weighted by Gasteiger charge is -2.29. The number of thiophene rings is 1. The normalized spacial score (nSPS) is 15.2. The second kappa shape index (κ2) is 11.1. The van der Waals surface area contributed by atoms with Crippen molar-refractivity contribution >= 4 is 50.5 Å². The van der Waals surface area contributed by atoms with Gasteiger partial charge in [-0.1, -0.05) is 29.7 Å². The van der Waals surface area contributed by atoms with Gasteiger partial charge in [0, 0.05) is 24.7 Å². The molecule has 0 radical (unpaired) electrons. The Bertz CT molecular complexity index is 1370. The zero-order valence-electron chi connectivity index (χ0n) is 19.5. The van der Waals surface area contributed by atoms with E-state index >= 15 is 0 Å². The third-order valence-corrected chi connectivity index (χ3v) is 8.40. The summed E-state index contributed by atoms with van der Waals surface area (Å²) in [5.41, 5.74) is 1.32. The van der Waals surface area contributed by atoms with Crippen molar-refractivity contribution in [3.8, 4) is 10.6 Å². The van der Waals surface area contributed by atoms with Crippen LogP contribution in [-0.4, -0.2) is 58.4 Å². The van der Waals surface area contributed by atoms with Crippen LogP contribution in [0.15, 0.2) is 45.8 Å². The fraction of sp³-hybridized carbons (Fsp3) is 0.348. The molecule has 0 bridgehead atoms. The van der Waals surface area contributed by atoms with Gasteiger partial charge >= 0.3 is 5.97 Å². The highest BCUT2D eigenvalue weighted by atomic mass is 35.5. The fourth-order valence-electron chi connectivity index (χ4n) is 3.93. The Morgan fingerprint density at radius 3 is 2.81 bits per heavy atom. The summed E-state index contributed by atoms with van der Waals surface area (Å²) in [5.74, 6) is -0.580. The Hall–Kier alpha value is -2.77. The lowest BCUT2D eigenvalue weighted by Crippen LogP contribution is -2.44. The van der Waals surface area contributed by atoms with Gasteiger partial charge in [0.2, 0.25) is 10.0 Å². The predicted octanol–water partition coefficient (Wildman–Crippen LogP) is 3.04. The van der Waals surface area contributed by atoms with Gasteiger partial charge in [-0.25, -0.2) is 8.42 Å². The Morgan fingerprint density at radius 1 is 1.33 bits per heavy atom. The van der Waals surface area contributed by atoms with Crippen molar-refractivity contribution < 1.29 is 32.0 Å². The SMILES string of the molecule is CCc1c(N2CCOCC2=O)cccc1S(=O)(=O)NC(Cc1cc(-c2ccc(Cl)s2)on1)C(=O)OC. The maximum Gasteiger partial charge on any atom is 0.324 e. The quantitative estimate of drug-likeness (QED) is 0.400. The van der Waals surface area contributed by atoms with Gasteiger partial charge in [-0.15, -0.1) is 11.3 Å². The van der Waals surface area contributed by atoms with Crippen LogP contribution >= 0.6 is 22.9 Å². The van der Waals surface area contributed by atoms with Crippen LogP contribution < -0.4 is 9.62 Å². The van der Waals surface area contributed by atoms with Crippen LogP contribution in [-0.2, 0) is 41.9 Å². The van der Waals surface area contributed by atoms with Crippen LogP contribution in [0.4, 0.5) is 5.69 Å². The smallest absolute Gasteiger partial charge is 0.324 e. The molecule has 0 saturated carbocycles. The average molecular weight is 554 g/mol. The molecule has 1 atom stereocenters. The van der Waals surface area contributed by atoms with Crippen LogP contribution in [0.2, 0.25) is 4.34 Å². The van der Waals surface area contributed by atoms with E-state index in [1.54, 1.807) is 37.3 Å². The number of methoxy groups -OCH3 is 1. The van der Waals surface area contributed by atoms with E-state index in [-0.39, 0.29) is 23.8 Å². The van der Waals surface area contributed by atoms with E-state index in [9.17, 15) is 18.0 Å². The van der Waals surface area contributed by atoms with E-state index in [2.05, 4.69) is 9.88 Å². The van der Waals surface area contributed by atoms with E-state index in [0.29, 0.717) is 46.6 Å². The molecule has 13 heteroatoms. The number of aromatic nitrogens is 1. The summed E-state index contributed by atoms with van der Waals surface area (Å²) in [7, 11) is -3.02. The van der Waals surface area contributed by atoms with Crippen molar-refractivity contribution in [3.63, 3.8) is 0 Å². The summed E-state index contributed by atoms with van der Waals surface area (Å²) in [5, 5.41) is 3.97. The first-order valence-electron chi connectivity index (χ1n) is 11.0. The van der Waals surface area contributed by atoms with E-state index < -0.39 is 22.0 Å². The average Bonchev–Trinajstić information content (AvgIpc) is 3.51. The highest BCUT2D eigenvalue weighted by Crippen LogP contribution is 2.32. The number of nitrogens with zero attached hydrogens (tertiary/aromatic N) is 2. The number of amides is 1. The van der Waals surface area contributed by atoms with E-state index in [1.807, 2.05) is 0 Å². The molecule has 3 heterocycles. The van der Waals surface area contributed by atoms with Gasteiger partial charge in [0.1, 0.15) is 12.6 Å².